The first-order valence-electron chi connectivity index (χ1n) is 6.64. The van der Waals surface area contributed by atoms with E-state index >= 15 is 0 Å². The van der Waals surface area contributed by atoms with Gasteiger partial charge in [0.05, 0.1) is 4.88 Å². The number of rotatable bonds is 4. The first-order chi connectivity index (χ1) is 10.1. The van der Waals surface area contributed by atoms with Crippen molar-refractivity contribution >= 4 is 34.6 Å². The Balaban J connectivity index is 1.68. The van der Waals surface area contributed by atoms with Crippen LogP contribution in [-0.2, 0) is 4.79 Å². The number of thiazole rings is 1. The summed E-state index contributed by atoms with van der Waals surface area (Å²) >= 11 is 3.06. The van der Waals surface area contributed by atoms with Crippen LogP contribution in [0.15, 0.2) is 22.9 Å². The second-order valence-corrected chi connectivity index (χ2v) is 6.82. The van der Waals surface area contributed by atoms with Gasteiger partial charge in [-0.3, -0.25) is 9.59 Å². The number of carboxylic acids is 1. The van der Waals surface area contributed by atoms with Crippen molar-refractivity contribution in [2.24, 2.45) is 5.92 Å². The molecule has 1 unspecified atom stereocenters. The van der Waals surface area contributed by atoms with Crippen molar-refractivity contribution in [3.8, 4) is 9.88 Å². The van der Waals surface area contributed by atoms with Gasteiger partial charge in [0.1, 0.15) is 10.7 Å². The highest BCUT2D eigenvalue weighted by Crippen LogP contribution is 2.29. The van der Waals surface area contributed by atoms with Gasteiger partial charge >= 0.3 is 5.97 Å². The van der Waals surface area contributed by atoms with E-state index in [9.17, 15) is 9.59 Å². The molecular formula is C14H14N2O3S2. The lowest BCUT2D eigenvalue weighted by Crippen LogP contribution is -2.29. The number of nitrogens with zero attached hydrogens (tertiary/aromatic N) is 2. The number of thiophene rings is 1. The summed E-state index contributed by atoms with van der Waals surface area (Å²) in [5, 5.41) is 13.4. The van der Waals surface area contributed by atoms with Crippen LogP contribution in [0.1, 0.15) is 23.3 Å². The van der Waals surface area contributed by atoms with E-state index in [4.69, 9.17) is 5.11 Å². The van der Waals surface area contributed by atoms with Gasteiger partial charge in [0, 0.05) is 24.9 Å². The molecule has 5 nitrogen and oxygen atoms in total. The molecule has 1 aliphatic heterocycles. The summed E-state index contributed by atoms with van der Waals surface area (Å²) in [4.78, 5) is 30.3. The molecule has 1 aliphatic rings. The average molecular weight is 322 g/mol. The second-order valence-electron chi connectivity index (χ2n) is 5.02. The van der Waals surface area contributed by atoms with Crippen molar-refractivity contribution < 1.29 is 14.7 Å². The number of hydrogen-bond donors (Lipinski definition) is 1. The van der Waals surface area contributed by atoms with Gasteiger partial charge < -0.3 is 10.0 Å². The number of hydrogen-bond acceptors (Lipinski definition) is 5. The molecule has 7 heteroatoms. The van der Waals surface area contributed by atoms with E-state index in [0.29, 0.717) is 18.8 Å². The van der Waals surface area contributed by atoms with Crippen molar-refractivity contribution in [3.05, 3.63) is 28.6 Å². The topological polar surface area (TPSA) is 70.5 Å². The fourth-order valence-electron chi connectivity index (χ4n) is 2.48. The van der Waals surface area contributed by atoms with Gasteiger partial charge in [-0.25, -0.2) is 4.98 Å². The van der Waals surface area contributed by atoms with Crippen LogP contribution >= 0.6 is 22.7 Å². The summed E-state index contributed by atoms with van der Waals surface area (Å²) in [6.07, 6.45) is 0.876. The van der Waals surface area contributed by atoms with E-state index in [1.54, 1.807) is 21.6 Å². The minimum Gasteiger partial charge on any atom is -0.481 e. The number of likely N-dealkylation sites (tertiary alicyclic amines) is 1. The maximum Gasteiger partial charge on any atom is 0.303 e. The monoisotopic (exact) mass is 322 g/mol. The Labute approximate surface area is 129 Å². The molecule has 0 radical (unpaired) electrons. The number of aromatic nitrogens is 1. The zero-order valence-corrected chi connectivity index (χ0v) is 12.8. The van der Waals surface area contributed by atoms with Gasteiger partial charge in [-0.05, 0) is 23.8 Å². The molecular weight excluding hydrogens is 308 g/mol. The number of carboxylic acid groups (broad SMARTS) is 1. The highest BCUT2D eigenvalue weighted by molar-refractivity contribution is 7.20. The van der Waals surface area contributed by atoms with Crippen molar-refractivity contribution in [2.45, 2.75) is 12.8 Å². The molecule has 110 valence electrons. The lowest BCUT2D eigenvalue weighted by molar-refractivity contribution is -0.138. The molecule has 1 atom stereocenters. The lowest BCUT2D eigenvalue weighted by atomic mass is 10.1. The van der Waals surface area contributed by atoms with Crippen molar-refractivity contribution in [1.29, 1.82) is 0 Å². The summed E-state index contributed by atoms with van der Waals surface area (Å²) in [5.74, 6) is -0.841. The van der Waals surface area contributed by atoms with Gasteiger partial charge in [-0.2, -0.15) is 0 Å². The fourth-order valence-corrected chi connectivity index (χ4v) is 4.09. The van der Waals surface area contributed by atoms with Gasteiger partial charge in [0.2, 0.25) is 0 Å². The molecule has 0 bridgehead atoms. The molecule has 0 aromatic carbocycles. The normalized spacial score (nSPS) is 18.1. The van der Waals surface area contributed by atoms with Crippen LogP contribution in [0.4, 0.5) is 0 Å². The Bertz CT molecular complexity index is 651. The SMILES string of the molecule is O=C(O)CC1CCN(C(=O)c2csc(-c3cccs3)n2)C1. The van der Waals surface area contributed by atoms with Crippen LogP contribution in [-0.4, -0.2) is 40.0 Å². The second kappa shape index (κ2) is 5.95. The summed E-state index contributed by atoms with van der Waals surface area (Å²) in [6.45, 7) is 1.12. The van der Waals surface area contributed by atoms with Crippen LogP contribution in [0.2, 0.25) is 0 Å². The third-order valence-electron chi connectivity index (χ3n) is 3.49. The molecule has 0 spiro atoms. The van der Waals surface area contributed by atoms with Crippen LogP contribution in [0.25, 0.3) is 9.88 Å². The van der Waals surface area contributed by atoms with Crippen LogP contribution in [0, 0.1) is 5.92 Å². The molecule has 3 rings (SSSR count). The summed E-state index contributed by atoms with van der Waals surface area (Å²) in [7, 11) is 0. The number of aliphatic carboxylic acids is 1. The van der Waals surface area contributed by atoms with E-state index in [1.165, 1.54) is 11.3 Å². The van der Waals surface area contributed by atoms with E-state index in [2.05, 4.69) is 4.98 Å². The molecule has 1 saturated heterocycles. The number of carbonyl (C=O) groups excluding carboxylic acids is 1. The van der Waals surface area contributed by atoms with Crippen LogP contribution in [0.5, 0.6) is 0 Å². The highest BCUT2D eigenvalue weighted by Gasteiger charge is 2.29. The standard InChI is InChI=1S/C14H14N2O3S2/c17-12(18)6-9-3-4-16(7-9)14(19)10-8-21-13(15-10)11-2-1-5-20-11/h1-2,5,8-9H,3-4,6-7H2,(H,17,18). The van der Waals surface area contributed by atoms with E-state index in [0.717, 1.165) is 16.3 Å². The lowest BCUT2D eigenvalue weighted by Gasteiger charge is -2.14. The Hall–Kier alpha value is -1.73. The zero-order valence-electron chi connectivity index (χ0n) is 11.2. The molecule has 1 amide bonds. The Morgan fingerprint density at radius 1 is 1.43 bits per heavy atom. The average Bonchev–Trinajstić information content (AvgIpc) is 3.18. The quantitative estimate of drug-likeness (QED) is 0.939. The smallest absolute Gasteiger partial charge is 0.303 e. The highest BCUT2D eigenvalue weighted by atomic mass is 32.1. The Morgan fingerprint density at radius 3 is 3.00 bits per heavy atom. The molecule has 0 aliphatic carbocycles. The van der Waals surface area contributed by atoms with Gasteiger partial charge in [-0.15, -0.1) is 22.7 Å². The predicted molar refractivity (Wildman–Crippen MR) is 81.7 cm³/mol. The largest absolute Gasteiger partial charge is 0.481 e. The van der Waals surface area contributed by atoms with Gasteiger partial charge in [-0.1, -0.05) is 6.07 Å². The Kier molecular flexibility index (Phi) is 4.03. The third-order valence-corrected chi connectivity index (χ3v) is 5.37. The van der Waals surface area contributed by atoms with E-state index < -0.39 is 5.97 Å². The maximum absolute atomic E-state index is 12.4. The number of carbonyl (C=O) groups is 2. The van der Waals surface area contributed by atoms with Crippen molar-refractivity contribution in [1.82, 2.24) is 9.88 Å². The molecule has 1 fully saturated rings. The first kappa shape index (κ1) is 14.2. The van der Waals surface area contributed by atoms with Gasteiger partial charge in [0.15, 0.2) is 0 Å². The van der Waals surface area contributed by atoms with Crippen LogP contribution < -0.4 is 0 Å². The van der Waals surface area contributed by atoms with Crippen molar-refractivity contribution in [3.63, 3.8) is 0 Å². The fraction of sp³-hybridized carbons (Fsp3) is 0.357. The molecule has 0 saturated carbocycles. The molecule has 2 aromatic rings. The molecule has 21 heavy (non-hydrogen) atoms. The van der Waals surface area contributed by atoms with Crippen LogP contribution in [0.3, 0.4) is 0 Å². The summed E-state index contributed by atoms with van der Waals surface area (Å²) in [6, 6.07) is 3.94. The maximum atomic E-state index is 12.4. The minimum absolute atomic E-state index is 0.0573. The van der Waals surface area contributed by atoms with E-state index in [1.807, 2.05) is 17.5 Å². The van der Waals surface area contributed by atoms with Crippen molar-refractivity contribution in [2.75, 3.05) is 13.1 Å². The molecule has 3 heterocycles. The number of amides is 1. The third kappa shape index (κ3) is 3.14. The predicted octanol–water partition coefficient (Wildman–Crippen LogP) is 2.81. The first-order valence-corrected chi connectivity index (χ1v) is 8.40. The molecule has 2 aromatic heterocycles. The molecule has 1 N–H and O–H groups in total. The summed E-state index contributed by atoms with van der Waals surface area (Å²) < 4.78 is 0. The van der Waals surface area contributed by atoms with E-state index in [-0.39, 0.29) is 18.2 Å². The Morgan fingerprint density at radius 2 is 2.29 bits per heavy atom. The summed E-state index contributed by atoms with van der Waals surface area (Å²) in [5.41, 5.74) is 0.458. The minimum atomic E-state index is -0.803. The zero-order chi connectivity index (χ0) is 14.8. The van der Waals surface area contributed by atoms with Gasteiger partial charge in [0.25, 0.3) is 5.91 Å².